The first-order chi connectivity index (χ1) is 12.9. The first kappa shape index (κ1) is 19.9. The predicted molar refractivity (Wildman–Crippen MR) is 112 cm³/mol. The summed E-state index contributed by atoms with van der Waals surface area (Å²) in [4.78, 5) is 25.8. The molecule has 0 saturated carbocycles. The van der Waals surface area contributed by atoms with Crippen LogP contribution in [0.4, 0.5) is 5.00 Å². The lowest BCUT2D eigenvalue weighted by Crippen LogP contribution is -2.18. The van der Waals surface area contributed by atoms with Gasteiger partial charge in [-0.15, -0.1) is 11.3 Å². The quantitative estimate of drug-likeness (QED) is 0.664. The maximum absolute atomic E-state index is 12.7. The van der Waals surface area contributed by atoms with E-state index in [0.717, 1.165) is 40.6 Å². The van der Waals surface area contributed by atoms with Crippen LogP contribution in [0.25, 0.3) is 0 Å². The number of fused-ring (bicyclic) bond motifs is 1. The second kappa shape index (κ2) is 8.44. The number of aryl methyl sites for hydroxylation is 1. The van der Waals surface area contributed by atoms with Crippen molar-refractivity contribution < 1.29 is 14.3 Å². The molecule has 0 spiro atoms. The van der Waals surface area contributed by atoms with Crippen molar-refractivity contribution in [1.29, 1.82) is 0 Å². The number of hydrogen-bond acceptors (Lipinski definition) is 4. The third kappa shape index (κ3) is 4.52. The Balaban J connectivity index is 1.81. The van der Waals surface area contributed by atoms with Crippen LogP contribution < -0.4 is 15.8 Å². The second-order valence-electron chi connectivity index (χ2n) is 7.08. The molecule has 0 atom stereocenters. The number of ether oxygens (including phenoxy) is 1. The summed E-state index contributed by atoms with van der Waals surface area (Å²) >= 11 is 4.92. The minimum absolute atomic E-state index is 0.271. The van der Waals surface area contributed by atoms with E-state index in [-0.39, 0.29) is 5.91 Å². The number of carbonyl (C=O) groups excluding carboxylic acids is 2. The highest BCUT2D eigenvalue weighted by Crippen LogP contribution is 2.38. The van der Waals surface area contributed by atoms with Gasteiger partial charge in [0.1, 0.15) is 10.8 Å². The Labute approximate surface area is 171 Å². The number of nitrogens with one attached hydrogen (secondary N) is 1. The molecule has 2 aromatic rings. The van der Waals surface area contributed by atoms with E-state index >= 15 is 0 Å². The van der Waals surface area contributed by atoms with Crippen molar-refractivity contribution in [3.05, 3.63) is 44.2 Å². The Morgan fingerprint density at radius 2 is 2.04 bits per heavy atom. The highest BCUT2D eigenvalue weighted by atomic mass is 79.9. The van der Waals surface area contributed by atoms with Crippen molar-refractivity contribution in [2.24, 2.45) is 11.7 Å². The van der Waals surface area contributed by atoms with E-state index in [1.54, 1.807) is 18.2 Å². The standard InChI is InChI=1S/C20H23BrN2O3S/c1-11(2)10-26-15-8-7-12(9-14(15)21)19(25)23-20-17(18(22)24)13-5-3-4-6-16(13)27-20/h7-9,11H,3-6,10H2,1-2H3,(H2,22,24)(H,23,25). The second-order valence-corrected chi connectivity index (χ2v) is 9.04. The predicted octanol–water partition coefficient (Wildman–Crippen LogP) is 4.78. The van der Waals surface area contributed by atoms with Crippen molar-refractivity contribution in [1.82, 2.24) is 0 Å². The summed E-state index contributed by atoms with van der Waals surface area (Å²) in [6.45, 7) is 4.76. The molecule has 0 fully saturated rings. The van der Waals surface area contributed by atoms with Gasteiger partial charge in [0, 0.05) is 10.4 Å². The molecule has 0 saturated heterocycles. The number of rotatable bonds is 6. The molecule has 0 unspecified atom stereocenters. The number of halogens is 1. The van der Waals surface area contributed by atoms with Crippen LogP contribution in [0.2, 0.25) is 0 Å². The highest BCUT2D eigenvalue weighted by molar-refractivity contribution is 9.10. The number of thiophene rings is 1. The SMILES string of the molecule is CC(C)COc1ccc(C(=O)Nc2sc3c(c2C(N)=O)CCCC3)cc1Br. The van der Waals surface area contributed by atoms with Crippen LogP contribution in [-0.2, 0) is 12.8 Å². The molecule has 2 amide bonds. The maximum Gasteiger partial charge on any atom is 0.256 e. The van der Waals surface area contributed by atoms with E-state index in [1.165, 1.54) is 11.3 Å². The molecule has 3 N–H and O–H groups in total. The summed E-state index contributed by atoms with van der Waals surface area (Å²) < 4.78 is 6.44. The fourth-order valence-corrected chi connectivity index (χ4v) is 4.89. The Hall–Kier alpha value is -1.86. The third-order valence-electron chi connectivity index (χ3n) is 4.41. The van der Waals surface area contributed by atoms with Crippen molar-refractivity contribution in [2.45, 2.75) is 39.5 Å². The largest absolute Gasteiger partial charge is 0.492 e. The number of primary amides is 1. The summed E-state index contributed by atoms with van der Waals surface area (Å²) in [6, 6.07) is 5.21. The van der Waals surface area contributed by atoms with E-state index in [0.29, 0.717) is 34.4 Å². The molecule has 1 aliphatic carbocycles. The summed E-state index contributed by atoms with van der Waals surface area (Å²) in [5.74, 6) is 0.358. The summed E-state index contributed by atoms with van der Waals surface area (Å²) in [7, 11) is 0. The summed E-state index contributed by atoms with van der Waals surface area (Å²) in [5, 5.41) is 3.43. The van der Waals surface area contributed by atoms with E-state index < -0.39 is 5.91 Å². The number of benzene rings is 1. The molecule has 144 valence electrons. The zero-order chi connectivity index (χ0) is 19.6. The lowest BCUT2D eigenvalue weighted by atomic mass is 9.95. The Morgan fingerprint density at radius 3 is 2.70 bits per heavy atom. The molecule has 27 heavy (non-hydrogen) atoms. The Morgan fingerprint density at radius 1 is 1.30 bits per heavy atom. The molecule has 3 rings (SSSR count). The lowest BCUT2D eigenvalue weighted by Gasteiger charge is -2.12. The topological polar surface area (TPSA) is 81.4 Å². The fourth-order valence-electron chi connectivity index (χ4n) is 3.11. The van der Waals surface area contributed by atoms with Gasteiger partial charge in [0.2, 0.25) is 0 Å². The average molecular weight is 451 g/mol. The third-order valence-corrected chi connectivity index (χ3v) is 6.24. The number of hydrogen-bond donors (Lipinski definition) is 2. The highest BCUT2D eigenvalue weighted by Gasteiger charge is 2.25. The number of amides is 2. The molecular weight excluding hydrogens is 428 g/mol. The van der Waals surface area contributed by atoms with Gasteiger partial charge >= 0.3 is 0 Å². The van der Waals surface area contributed by atoms with Crippen molar-refractivity contribution in [3.63, 3.8) is 0 Å². The van der Waals surface area contributed by atoms with Crippen LogP contribution in [0.5, 0.6) is 5.75 Å². The van der Waals surface area contributed by atoms with E-state index in [2.05, 4.69) is 35.1 Å². The van der Waals surface area contributed by atoms with Gasteiger partial charge in [-0.2, -0.15) is 0 Å². The van der Waals surface area contributed by atoms with Crippen LogP contribution >= 0.6 is 27.3 Å². The van der Waals surface area contributed by atoms with E-state index in [4.69, 9.17) is 10.5 Å². The van der Waals surface area contributed by atoms with Gasteiger partial charge in [0.05, 0.1) is 16.6 Å². The summed E-state index contributed by atoms with van der Waals surface area (Å²) in [6.07, 6.45) is 3.92. The minimum Gasteiger partial charge on any atom is -0.492 e. The monoisotopic (exact) mass is 450 g/mol. The van der Waals surface area contributed by atoms with Crippen molar-refractivity contribution in [2.75, 3.05) is 11.9 Å². The van der Waals surface area contributed by atoms with Gasteiger partial charge in [0.15, 0.2) is 0 Å². The molecule has 5 nitrogen and oxygen atoms in total. The van der Waals surface area contributed by atoms with Crippen LogP contribution in [0.3, 0.4) is 0 Å². The van der Waals surface area contributed by atoms with E-state index in [9.17, 15) is 9.59 Å². The van der Waals surface area contributed by atoms with Crippen LogP contribution in [-0.4, -0.2) is 18.4 Å². The number of anilines is 1. The Bertz CT molecular complexity index is 876. The van der Waals surface area contributed by atoms with Crippen LogP contribution in [0, 0.1) is 5.92 Å². The Kier molecular flexibility index (Phi) is 6.22. The molecule has 1 heterocycles. The smallest absolute Gasteiger partial charge is 0.256 e. The molecule has 1 aromatic heterocycles. The first-order valence-electron chi connectivity index (χ1n) is 9.05. The van der Waals surface area contributed by atoms with Gasteiger partial charge in [0.25, 0.3) is 11.8 Å². The van der Waals surface area contributed by atoms with Gasteiger partial charge in [-0.25, -0.2) is 0 Å². The maximum atomic E-state index is 12.7. The molecule has 1 aliphatic rings. The summed E-state index contributed by atoms with van der Waals surface area (Å²) in [5.41, 5.74) is 7.56. The zero-order valence-electron chi connectivity index (χ0n) is 15.4. The number of nitrogens with two attached hydrogens (primary N) is 1. The molecule has 0 aliphatic heterocycles. The van der Waals surface area contributed by atoms with Gasteiger partial charge in [-0.05, 0) is 71.3 Å². The van der Waals surface area contributed by atoms with Crippen molar-refractivity contribution in [3.8, 4) is 5.75 Å². The molecule has 0 radical (unpaired) electrons. The van der Waals surface area contributed by atoms with Crippen molar-refractivity contribution >= 4 is 44.1 Å². The average Bonchev–Trinajstić information content (AvgIpc) is 2.98. The minimum atomic E-state index is -0.483. The van der Waals surface area contributed by atoms with Gasteiger partial charge in [-0.3, -0.25) is 9.59 Å². The normalized spacial score (nSPS) is 13.3. The van der Waals surface area contributed by atoms with Crippen LogP contribution in [0.1, 0.15) is 57.8 Å². The lowest BCUT2D eigenvalue weighted by molar-refractivity contribution is 0.100. The molecule has 1 aromatic carbocycles. The number of carbonyl (C=O) groups is 2. The van der Waals surface area contributed by atoms with Crippen LogP contribution in [0.15, 0.2) is 22.7 Å². The first-order valence-corrected chi connectivity index (χ1v) is 10.7. The molecule has 7 heteroatoms. The zero-order valence-corrected chi connectivity index (χ0v) is 17.8. The van der Waals surface area contributed by atoms with E-state index in [1.807, 2.05) is 0 Å². The molecule has 0 bridgehead atoms. The van der Waals surface area contributed by atoms with Gasteiger partial charge in [-0.1, -0.05) is 13.8 Å². The fraction of sp³-hybridized carbons (Fsp3) is 0.400. The van der Waals surface area contributed by atoms with Gasteiger partial charge < -0.3 is 15.8 Å². The molecular formula is C20H23BrN2O3S.